The van der Waals surface area contributed by atoms with Gasteiger partial charge in [0.15, 0.2) is 0 Å². The molecule has 0 aromatic rings. The first-order chi connectivity index (χ1) is 8.65. The van der Waals surface area contributed by atoms with Gasteiger partial charge in [0, 0.05) is 32.5 Å². The number of hydrazine groups is 1. The summed E-state index contributed by atoms with van der Waals surface area (Å²) in [5.74, 6) is 1.81. The van der Waals surface area contributed by atoms with E-state index in [1.807, 2.05) is 17.1 Å². The van der Waals surface area contributed by atoms with Crippen LogP contribution >= 0.6 is 11.6 Å². The number of likely N-dealkylation sites (tertiary alicyclic amines) is 2. The van der Waals surface area contributed by atoms with E-state index in [1.165, 1.54) is 0 Å². The molecule has 0 spiro atoms. The number of carbonyl (C=O) groups is 1. The van der Waals surface area contributed by atoms with Gasteiger partial charge in [0.05, 0.1) is 6.04 Å². The van der Waals surface area contributed by atoms with Crippen LogP contribution in [0.3, 0.4) is 0 Å². The van der Waals surface area contributed by atoms with Gasteiger partial charge < -0.3 is 9.80 Å². The standard InChI is InChI=1S/C12H17ClN4O/c1-8(18)16-6-9-4-5-17(10(9)7-16)12-3-2-11(13)14-15-12/h2-3,9-10,14-15H,4-7H2,1H3. The van der Waals surface area contributed by atoms with E-state index in [-0.39, 0.29) is 5.91 Å². The lowest BCUT2D eigenvalue weighted by Crippen LogP contribution is -2.44. The SMILES string of the molecule is CC(=O)N1CC2CCN(C3=CC=C(Cl)NN3)C2C1. The number of hydrogen-bond acceptors (Lipinski definition) is 4. The Kier molecular flexibility index (Phi) is 2.86. The smallest absolute Gasteiger partial charge is 0.219 e. The highest BCUT2D eigenvalue weighted by Gasteiger charge is 2.42. The molecule has 3 aliphatic heterocycles. The molecule has 18 heavy (non-hydrogen) atoms. The molecule has 2 N–H and O–H groups in total. The zero-order valence-corrected chi connectivity index (χ0v) is 11.1. The van der Waals surface area contributed by atoms with Crippen molar-refractivity contribution in [2.75, 3.05) is 19.6 Å². The van der Waals surface area contributed by atoms with E-state index in [0.29, 0.717) is 17.1 Å². The molecule has 3 rings (SSSR count). The average molecular weight is 269 g/mol. The van der Waals surface area contributed by atoms with E-state index in [4.69, 9.17) is 11.6 Å². The fourth-order valence-corrected chi connectivity index (χ4v) is 3.15. The summed E-state index contributed by atoms with van der Waals surface area (Å²) in [4.78, 5) is 15.7. The van der Waals surface area contributed by atoms with E-state index >= 15 is 0 Å². The minimum atomic E-state index is 0.177. The van der Waals surface area contributed by atoms with Crippen molar-refractivity contribution in [3.63, 3.8) is 0 Å². The number of halogens is 1. The van der Waals surface area contributed by atoms with E-state index in [2.05, 4.69) is 15.8 Å². The van der Waals surface area contributed by atoms with Crippen LogP contribution in [0.2, 0.25) is 0 Å². The van der Waals surface area contributed by atoms with E-state index in [0.717, 1.165) is 31.9 Å². The molecule has 3 heterocycles. The number of amides is 1. The largest absolute Gasteiger partial charge is 0.352 e. The van der Waals surface area contributed by atoms with Crippen LogP contribution < -0.4 is 10.9 Å². The van der Waals surface area contributed by atoms with Crippen LogP contribution in [-0.4, -0.2) is 41.4 Å². The highest BCUT2D eigenvalue weighted by Crippen LogP contribution is 2.33. The van der Waals surface area contributed by atoms with Crippen LogP contribution in [0.25, 0.3) is 0 Å². The molecule has 2 fully saturated rings. The van der Waals surface area contributed by atoms with Crippen molar-refractivity contribution >= 4 is 17.5 Å². The number of fused-ring (bicyclic) bond motifs is 1. The maximum absolute atomic E-state index is 11.4. The fourth-order valence-electron chi connectivity index (χ4n) is 3.04. The van der Waals surface area contributed by atoms with Crippen molar-refractivity contribution in [3.8, 4) is 0 Å². The molecule has 0 aromatic carbocycles. The van der Waals surface area contributed by atoms with Gasteiger partial charge in [-0.2, -0.15) is 0 Å². The van der Waals surface area contributed by atoms with Gasteiger partial charge in [-0.15, -0.1) is 0 Å². The molecule has 2 unspecified atom stereocenters. The summed E-state index contributed by atoms with van der Waals surface area (Å²) in [7, 11) is 0. The van der Waals surface area contributed by atoms with Crippen molar-refractivity contribution in [2.24, 2.45) is 5.92 Å². The average Bonchev–Trinajstić information content (AvgIpc) is 2.89. The quantitative estimate of drug-likeness (QED) is 0.683. The molecular weight excluding hydrogens is 252 g/mol. The van der Waals surface area contributed by atoms with Gasteiger partial charge in [-0.25, -0.2) is 0 Å². The number of carbonyl (C=O) groups excluding carboxylic acids is 1. The Labute approximate surface area is 111 Å². The molecule has 0 aromatic heterocycles. The zero-order chi connectivity index (χ0) is 12.7. The third-order valence-electron chi connectivity index (χ3n) is 4.00. The molecule has 2 atom stereocenters. The van der Waals surface area contributed by atoms with E-state index in [9.17, 15) is 4.79 Å². The van der Waals surface area contributed by atoms with Crippen LogP contribution in [0.15, 0.2) is 23.1 Å². The van der Waals surface area contributed by atoms with Crippen LogP contribution in [0.5, 0.6) is 0 Å². The lowest BCUT2D eigenvalue weighted by atomic mass is 10.1. The maximum Gasteiger partial charge on any atom is 0.219 e. The summed E-state index contributed by atoms with van der Waals surface area (Å²) in [6, 6.07) is 0.430. The molecule has 3 aliphatic rings. The van der Waals surface area contributed by atoms with Gasteiger partial charge in [0.1, 0.15) is 11.0 Å². The molecule has 2 saturated heterocycles. The second-order valence-electron chi connectivity index (χ2n) is 5.05. The van der Waals surface area contributed by atoms with Crippen LogP contribution in [0, 0.1) is 5.92 Å². The van der Waals surface area contributed by atoms with Gasteiger partial charge in [0.25, 0.3) is 0 Å². The van der Waals surface area contributed by atoms with Crippen molar-refractivity contribution in [1.82, 2.24) is 20.7 Å². The predicted molar refractivity (Wildman–Crippen MR) is 69.1 cm³/mol. The van der Waals surface area contributed by atoms with Crippen molar-refractivity contribution in [2.45, 2.75) is 19.4 Å². The molecule has 6 heteroatoms. The van der Waals surface area contributed by atoms with Crippen LogP contribution in [0.1, 0.15) is 13.3 Å². The van der Waals surface area contributed by atoms with Gasteiger partial charge in [-0.05, 0) is 18.6 Å². The Hall–Kier alpha value is -1.36. The summed E-state index contributed by atoms with van der Waals surface area (Å²) in [6.07, 6.45) is 4.97. The molecule has 0 radical (unpaired) electrons. The molecule has 5 nitrogen and oxygen atoms in total. The van der Waals surface area contributed by atoms with Gasteiger partial charge in [-0.3, -0.25) is 15.6 Å². The first-order valence-corrected chi connectivity index (χ1v) is 6.64. The molecule has 98 valence electrons. The number of nitrogens with one attached hydrogen (secondary N) is 2. The third kappa shape index (κ3) is 1.92. The van der Waals surface area contributed by atoms with Crippen LogP contribution in [0.4, 0.5) is 0 Å². The molecule has 1 amide bonds. The number of allylic oxidation sites excluding steroid dienone is 2. The minimum Gasteiger partial charge on any atom is -0.352 e. The van der Waals surface area contributed by atoms with Gasteiger partial charge in [0.2, 0.25) is 5.91 Å². The third-order valence-corrected chi connectivity index (χ3v) is 4.22. The second kappa shape index (κ2) is 4.39. The van der Waals surface area contributed by atoms with Crippen molar-refractivity contribution < 1.29 is 4.79 Å². The number of nitrogens with zero attached hydrogens (tertiary/aromatic N) is 2. The van der Waals surface area contributed by atoms with Gasteiger partial charge in [-0.1, -0.05) is 11.6 Å². The zero-order valence-electron chi connectivity index (χ0n) is 10.3. The van der Waals surface area contributed by atoms with Crippen molar-refractivity contribution in [3.05, 3.63) is 23.1 Å². The normalized spacial score (nSPS) is 30.3. The Balaban J connectivity index is 1.74. The summed E-state index contributed by atoms with van der Waals surface area (Å²) in [6.45, 7) is 4.41. The monoisotopic (exact) mass is 268 g/mol. The fraction of sp³-hybridized carbons (Fsp3) is 0.583. The summed E-state index contributed by atoms with van der Waals surface area (Å²) in [5, 5.41) is 0.589. The van der Waals surface area contributed by atoms with Gasteiger partial charge >= 0.3 is 0 Å². The second-order valence-corrected chi connectivity index (χ2v) is 5.46. The molecular formula is C12H17ClN4O. The first kappa shape index (κ1) is 11.7. The molecule has 0 aliphatic carbocycles. The lowest BCUT2D eigenvalue weighted by molar-refractivity contribution is -0.128. The lowest BCUT2D eigenvalue weighted by Gasteiger charge is -2.31. The highest BCUT2D eigenvalue weighted by atomic mass is 35.5. The topological polar surface area (TPSA) is 47.6 Å². The number of rotatable bonds is 1. The predicted octanol–water partition coefficient (Wildman–Crippen LogP) is 0.568. The molecule has 0 bridgehead atoms. The summed E-state index contributed by atoms with van der Waals surface area (Å²) in [5.41, 5.74) is 6.01. The van der Waals surface area contributed by atoms with E-state index in [1.54, 1.807) is 6.92 Å². The first-order valence-electron chi connectivity index (χ1n) is 6.27. The highest BCUT2D eigenvalue weighted by molar-refractivity contribution is 6.29. The van der Waals surface area contributed by atoms with Crippen molar-refractivity contribution in [1.29, 1.82) is 0 Å². The Morgan fingerprint density at radius 3 is 2.89 bits per heavy atom. The van der Waals surface area contributed by atoms with E-state index < -0.39 is 0 Å². The minimum absolute atomic E-state index is 0.177. The number of hydrogen-bond donors (Lipinski definition) is 2. The summed E-state index contributed by atoms with van der Waals surface area (Å²) >= 11 is 5.84. The maximum atomic E-state index is 11.4. The van der Waals surface area contributed by atoms with Crippen LogP contribution in [-0.2, 0) is 4.79 Å². The Morgan fingerprint density at radius 2 is 2.22 bits per heavy atom. The Morgan fingerprint density at radius 1 is 1.39 bits per heavy atom. The summed E-state index contributed by atoms with van der Waals surface area (Å²) < 4.78 is 0. The Bertz CT molecular complexity index is 434. The molecule has 0 saturated carbocycles.